The summed E-state index contributed by atoms with van der Waals surface area (Å²) < 4.78 is 3.55. The summed E-state index contributed by atoms with van der Waals surface area (Å²) in [6.45, 7) is 0. The minimum atomic E-state index is 0.211. The van der Waals surface area contributed by atoms with Gasteiger partial charge in [-0.05, 0) is 18.2 Å². The monoisotopic (exact) mass is 313 g/mol. The number of phenols is 1. The average Bonchev–Trinajstić information content (AvgIpc) is 3.13. The number of aromatic hydroxyl groups is 1. The minimum absolute atomic E-state index is 0.211. The molecule has 0 radical (unpaired) electrons. The number of nitrogens with zero attached hydrogens (tertiary/aromatic N) is 3. The van der Waals surface area contributed by atoms with Crippen LogP contribution in [0.1, 0.15) is 0 Å². The summed E-state index contributed by atoms with van der Waals surface area (Å²) in [4.78, 5) is 4.70. The molecular formula is C20H15N3O. The van der Waals surface area contributed by atoms with Crippen LogP contribution in [-0.4, -0.2) is 14.7 Å². The number of aromatic nitrogens is 3. The first-order valence-corrected chi connectivity index (χ1v) is 7.65. The van der Waals surface area contributed by atoms with Crippen molar-refractivity contribution in [3.8, 4) is 28.5 Å². The van der Waals surface area contributed by atoms with E-state index in [1.165, 1.54) is 0 Å². The molecule has 0 aliphatic carbocycles. The van der Waals surface area contributed by atoms with Crippen molar-refractivity contribution in [2.75, 3.05) is 0 Å². The van der Waals surface area contributed by atoms with E-state index in [0.717, 1.165) is 17.1 Å². The highest BCUT2D eigenvalue weighted by atomic mass is 16.3. The molecule has 0 fully saturated rings. The molecule has 2 aromatic heterocycles. The van der Waals surface area contributed by atoms with E-state index in [1.807, 2.05) is 73.1 Å². The van der Waals surface area contributed by atoms with Gasteiger partial charge in [0.15, 0.2) is 6.33 Å². The highest BCUT2D eigenvalue weighted by Crippen LogP contribution is 2.20. The summed E-state index contributed by atoms with van der Waals surface area (Å²) in [6.07, 6.45) is 6.88. The van der Waals surface area contributed by atoms with Crippen molar-refractivity contribution in [3.05, 3.63) is 91.5 Å². The summed E-state index contributed by atoms with van der Waals surface area (Å²) in [6, 6.07) is 23.1. The molecule has 0 bridgehead atoms. The lowest BCUT2D eigenvalue weighted by Crippen LogP contribution is -2.29. The number of pyridine rings is 1. The van der Waals surface area contributed by atoms with Crippen molar-refractivity contribution in [1.29, 1.82) is 0 Å². The lowest BCUT2D eigenvalue weighted by atomic mass is 10.1. The topological polar surface area (TPSA) is 41.9 Å². The van der Waals surface area contributed by atoms with Gasteiger partial charge >= 0.3 is 0 Å². The second-order valence-corrected chi connectivity index (χ2v) is 5.37. The fraction of sp³-hybridized carbons (Fsp3) is 0. The molecule has 2 heterocycles. The van der Waals surface area contributed by atoms with Gasteiger partial charge in [-0.2, -0.15) is 0 Å². The van der Waals surface area contributed by atoms with Gasteiger partial charge in [0.2, 0.25) is 5.82 Å². The first-order chi connectivity index (χ1) is 11.8. The van der Waals surface area contributed by atoms with E-state index in [-0.39, 0.29) is 5.75 Å². The van der Waals surface area contributed by atoms with Gasteiger partial charge in [0.1, 0.15) is 11.4 Å². The van der Waals surface area contributed by atoms with E-state index in [1.54, 1.807) is 21.3 Å². The summed E-state index contributed by atoms with van der Waals surface area (Å²) in [5.41, 5.74) is 2.65. The molecule has 0 aliphatic rings. The SMILES string of the molecule is Oc1ccccc1-n1[c-][n+](-c2cccc(-c3ccccc3)n2)cc1. The smallest absolute Gasteiger partial charge is 0.203 e. The lowest BCUT2D eigenvalue weighted by molar-refractivity contribution is -0.603. The Morgan fingerprint density at radius 1 is 0.875 bits per heavy atom. The van der Waals surface area contributed by atoms with E-state index < -0.39 is 0 Å². The Kier molecular flexibility index (Phi) is 3.56. The Balaban J connectivity index is 1.72. The Hall–Kier alpha value is -3.40. The van der Waals surface area contributed by atoms with Crippen LogP contribution in [0, 0.1) is 6.33 Å². The molecule has 0 atom stereocenters. The zero-order chi connectivity index (χ0) is 16.4. The Bertz CT molecular complexity index is 977. The van der Waals surface area contributed by atoms with Gasteiger partial charge in [0, 0.05) is 18.0 Å². The van der Waals surface area contributed by atoms with Gasteiger partial charge in [-0.3, -0.25) is 0 Å². The van der Waals surface area contributed by atoms with Crippen LogP contribution in [0.5, 0.6) is 5.75 Å². The van der Waals surface area contributed by atoms with Gasteiger partial charge in [-0.15, -0.1) is 4.98 Å². The zero-order valence-corrected chi connectivity index (χ0v) is 12.9. The molecule has 0 saturated carbocycles. The molecule has 0 aliphatic heterocycles. The summed E-state index contributed by atoms with van der Waals surface area (Å²) in [5.74, 6) is 0.980. The van der Waals surface area contributed by atoms with Crippen LogP contribution in [0.2, 0.25) is 0 Å². The largest absolute Gasteiger partial charge is 0.512 e. The molecule has 0 saturated heterocycles. The van der Waals surface area contributed by atoms with Gasteiger partial charge in [0.25, 0.3) is 0 Å². The average molecular weight is 313 g/mol. The molecule has 1 N–H and O–H groups in total. The lowest BCUT2D eigenvalue weighted by Gasteiger charge is -2.05. The number of phenolic OH excluding ortho intramolecular Hbond substituents is 1. The second kappa shape index (κ2) is 6.01. The maximum Gasteiger partial charge on any atom is 0.203 e. The van der Waals surface area contributed by atoms with E-state index >= 15 is 0 Å². The van der Waals surface area contributed by atoms with Crippen LogP contribution in [0.15, 0.2) is 85.2 Å². The normalized spacial score (nSPS) is 10.7. The van der Waals surface area contributed by atoms with E-state index in [0.29, 0.717) is 5.69 Å². The summed E-state index contributed by atoms with van der Waals surface area (Å²) >= 11 is 0. The number of hydrogen-bond acceptors (Lipinski definition) is 2. The summed E-state index contributed by atoms with van der Waals surface area (Å²) in [5, 5.41) is 9.97. The molecule has 0 unspecified atom stereocenters. The van der Waals surface area contributed by atoms with Crippen molar-refractivity contribution in [3.63, 3.8) is 0 Å². The standard InChI is InChI=1S/C20H15N3O/c24-19-11-5-4-10-18(19)22-13-14-23(15-22)20-12-6-9-17(21-20)16-7-2-1-3-8-16/h1-14,24H. The second-order valence-electron chi connectivity index (χ2n) is 5.37. The number of imidazole rings is 1. The Morgan fingerprint density at radius 3 is 2.50 bits per heavy atom. The first kappa shape index (κ1) is 14.2. The fourth-order valence-corrected chi connectivity index (χ4v) is 2.57. The summed E-state index contributed by atoms with van der Waals surface area (Å²) in [7, 11) is 0. The predicted molar refractivity (Wildman–Crippen MR) is 91.0 cm³/mol. The number of benzene rings is 2. The molecule has 0 spiro atoms. The van der Waals surface area contributed by atoms with Crippen LogP contribution in [0.3, 0.4) is 0 Å². The van der Waals surface area contributed by atoms with Gasteiger partial charge in [-0.25, -0.2) is 0 Å². The van der Waals surface area contributed by atoms with E-state index in [2.05, 4.69) is 6.33 Å². The van der Waals surface area contributed by atoms with Gasteiger partial charge < -0.3 is 14.2 Å². The van der Waals surface area contributed by atoms with Crippen LogP contribution < -0.4 is 4.57 Å². The van der Waals surface area contributed by atoms with Crippen LogP contribution in [0.4, 0.5) is 0 Å². The zero-order valence-electron chi connectivity index (χ0n) is 12.9. The van der Waals surface area contributed by atoms with E-state index in [4.69, 9.17) is 4.98 Å². The molecule has 24 heavy (non-hydrogen) atoms. The molecule has 2 aromatic carbocycles. The van der Waals surface area contributed by atoms with E-state index in [9.17, 15) is 5.11 Å². The van der Waals surface area contributed by atoms with Gasteiger partial charge in [-0.1, -0.05) is 54.6 Å². The Morgan fingerprint density at radius 2 is 1.67 bits per heavy atom. The molecular weight excluding hydrogens is 298 g/mol. The molecule has 0 amide bonds. The van der Waals surface area contributed by atoms with Crippen molar-refractivity contribution in [1.82, 2.24) is 9.55 Å². The maximum atomic E-state index is 9.97. The minimum Gasteiger partial charge on any atom is -0.512 e. The predicted octanol–water partition coefficient (Wildman–Crippen LogP) is 3.32. The van der Waals surface area contributed by atoms with Crippen molar-refractivity contribution < 1.29 is 9.67 Å². The quantitative estimate of drug-likeness (QED) is 0.466. The van der Waals surface area contributed by atoms with Gasteiger partial charge in [0.05, 0.1) is 5.69 Å². The number of hydrogen-bond donors (Lipinski definition) is 1. The van der Waals surface area contributed by atoms with Crippen molar-refractivity contribution >= 4 is 0 Å². The molecule has 4 rings (SSSR count). The maximum absolute atomic E-state index is 9.97. The molecule has 4 aromatic rings. The molecule has 116 valence electrons. The van der Waals surface area contributed by atoms with Crippen LogP contribution in [0.25, 0.3) is 22.8 Å². The number of para-hydroxylation sites is 2. The Labute approximate surface area is 139 Å². The highest BCUT2D eigenvalue weighted by molar-refractivity contribution is 5.59. The fourth-order valence-electron chi connectivity index (χ4n) is 2.57. The highest BCUT2D eigenvalue weighted by Gasteiger charge is 2.07. The number of rotatable bonds is 3. The third kappa shape index (κ3) is 2.65. The molecule has 4 nitrogen and oxygen atoms in total. The van der Waals surface area contributed by atoms with Crippen LogP contribution in [-0.2, 0) is 0 Å². The van der Waals surface area contributed by atoms with Crippen molar-refractivity contribution in [2.45, 2.75) is 0 Å². The molecule has 4 heteroatoms. The van der Waals surface area contributed by atoms with Crippen LogP contribution >= 0.6 is 0 Å². The third-order valence-corrected chi connectivity index (χ3v) is 3.77. The first-order valence-electron chi connectivity index (χ1n) is 7.65. The van der Waals surface area contributed by atoms with Crippen molar-refractivity contribution in [2.24, 2.45) is 0 Å². The third-order valence-electron chi connectivity index (χ3n) is 3.77.